The zero-order valence-corrected chi connectivity index (χ0v) is 11.6. The number of carbonyl (C=O) groups excluding carboxylic acids is 1. The standard InChI is InChI=1S/C14H26N2O2/c1-11-3-5-12(6-4-11)7-16-13(17)8-18-14(2)9-15-10-14/h11-12,15H,3-10H2,1-2H3,(H,16,17). The fourth-order valence-electron chi connectivity index (χ4n) is 2.66. The third-order valence-corrected chi connectivity index (χ3v) is 4.27. The monoisotopic (exact) mass is 254 g/mol. The average molecular weight is 254 g/mol. The van der Waals surface area contributed by atoms with Gasteiger partial charge >= 0.3 is 0 Å². The number of rotatable bonds is 5. The molecule has 2 aliphatic rings. The lowest BCUT2D eigenvalue weighted by Gasteiger charge is -2.38. The van der Waals surface area contributed by atoms with Crippen LogP contribution in [-0.4, -0.2) is 37.7 Å². The molecule has 1 aliphatic heterocycles. The van der Waals surface area contributed by atoms with Crippen molar-refractivity contribution in [3.8, 4) is 0 Å². The molecule has 0 bridgehead atoms. The molecule has 0 unspecified atom stereocenters. The Hall–Kier alpha value is -0.610. The van der Waals surface area contributed by atoms with Crippen LogP contribution in [0, 0.1) is 11.8 Å². The van der Waals surface area contributed by atoms with Crippen LogP contribution < -0.4 is 10.6 Å². The van der Waals surface area contributed by atoms with Gasteiger partial charge in [0.2, 0.25) is 5.91 Å². The van der Waals surface area contributed by atoms with Crippen molar-refractivity contribution in [3.05, 3.63) is 0 Å². The molecule has 1 saturated carbocycles. The van der Waals surface area contributed by atoms with Crippen molar-refractivity contribution in [3.63, 3.8) is 0 Å². The number of ether oxygens (including phenoxy) is 1. The smallest absolute Gasteiger partial charge is 0.246 e. The van der Waals surface area contributed by atoms with Crippen molar-refractivity contribution in [2.24, 2.45) is 11.8 Å². The summed E-state index contributed by atoms with van der Waals surface area (Å²) in [7, 11) is 0. The molecular formula is C14H26N2O2. The Kier molecular flexibility index (Phi) is 4.62. The van der Waals surface area contributed by atoms with Crippen LogP contribution in [-0.2, 0) is 9.53 Å². The molecule has 4 heteroatoms. The highest BCUT2D eigenvalue weighted by atomic mass is 16.5. The summed E-state index contributed by atoms with van der Waals surface area (Å²) in [5.74, 6) is 1.57. The minimum absolute atomic E-state index is 0.0294. The summed E-state index contributed by atoms with van der Waals surface area (Å²) >= 11 is 0. The number of amides is 1. The summed E-state index contributed by atoms with van der Waals surface area (Å²) in [5, 5.41) is 6.16. The van der Waals surface area contributed by atoms with E-state index in [4.69, 9.17) is 4.74 Å². The topological polar surface area (TPSA) is 50.4 Å². The van der Waals surface area contributed by atoms with Gasteiger partial charge < -0.3 is 15.4 Å². The van der Waals surface area contributed by atoms with E-state index in [0.29, 0.717) is 5.92 Å². The summed E-state index contributed by atoms with van der Waals surface area (Å²) in [6, 6.07) is 0. The molecule has 2 N–H and O–H groups in total. The molecule has 1 saturated heterocycles. The van der Waals surface area contributed by atoms with Crippen molar-refractivity contribution in [2.45, 2.75) is 45.1 Å². The minimum atomic E-state index is -0.127. The number of hydrogen-bond donors (Lipinski definition) is 2. The first-order valence-electron chi connectivity index (χ1n) is 7.19. The number of hydrogen-bond acceptors (Lipinski definition) is 3. The number of nitrogens with one attached hydrogen (secondary N) is 2. The second-order valence-corrected chi connectivity index (χ2v) is 6.27. The van der Waals surface area contributed by atoms with Gasteiger partial charge in [-0.1, -0.05) is 19.8 Å². The average Bonchev–Trinajstić information content (AvgIpc) is 2.33. The Morgan fingerprint density at radius 1 is 1.33 bits per heavy atom. The SMILES string of the molecule is CC1CCC(CNC(=O)COC2(C)CNC2)CC1. The Bertz CT molecular complexity index is 282. The first-order valence-corrected chi connectivity index (χ1v) is 7.19. The summed E-state index contributed by atoms with van der Waals surface area (Å²) in [6.45, 7) is 7.07. The molecule has 0 radical (unpaired) electrons. The lowest BCUT2D eigenvalue weighted by Crippen LogP contribution is -2.59. The maximum absolute atomic E-state index is 11.7. The molecule has 0 aromatic carbocycles. The van der Waals surface area contributed by atoms with Crippen LogP contribution in [0.4, 0.5) is 0 Å². The lowest BCUT2D eigenvalue weighted by molar-refractivity contribution is -0.136. The molecule has 1 heterocycles. The Balaban J connectivity index is 1.57. The van der Waals surface area contributed by atoms with Crippen molar-refractivity contribution in [1.29, 1.82) is 0 Å². The summed E-state index contributed by atoms with van der Waals surface area (Å²) in [4.78, 5) is 11.7. The molecule has 4 nitrogen and oxygen atoms in total. The largest absolute Gasteiger partial charge is 0.363 e. The predicted molar refractivity (Wildman–Crippen MR) is 71.4 cm³/mol. The van der Waals surface area contributed by atoms with Crippen molar-refractivity contribution in [2.75, 3.05) is 26.2 Å². The highest BCUT2D eigenvalue weighted by molar-refractivity contribution is 5.77. The maximum Gasteiger partial charge on any atom is 0.246 e. The summed E-state index contributed by atoms with van der Waals surface area (Å²) in [5.41, 5.74) is -0.127. The van der Waals surface area contributed by atoms with Crippen molar-refractivity contribution >= 4 is 5.91 Å². The van der Waals surface area contributed by atoms with E-state index >= 15 is 0 Å². The van der Waals surface area contributed by atoms with Gasteiger partial charge in [-0.25, -0.2) is 0 Å². The lowest BCUT2D eigenvalue weighted by atomic mass is 9.83. The molecule has 1 amide bonds. The quantitative estimate of drug-likeness (QED) is 0.777. The van der Waals surface area contributed by atoms with E-state index in [1.807, 2.05) is 6.92 Å². The van der Waals surface area contributed by atoms with Gasteiger partial charge in [-0.15, -0.1) is 0 Å². The van der Waals surface area contributed by atoms with Crippen LogP contribution >= 0.6 is 0 Å². The number of carbonyl (C=O) groups is 1. The van der Waals surface area contributed by atoms with Crippen LogP contribution in [0.25, 0.3) is 0 Å². The predicted octanol–water partition coefficient (Wildman–Crippen LogP) is 1.31. The normalized spacial score (nSPS) is 30.6. The highest BCUT2D eigenvalue weighted by Gasteiger charge is 2.33. The fourth-order valence-corrected chi connectivity index (χ4v) is 2.66. The van der Waals surface area contributed by atoms with Gasteiger partial charge in [0.1, 0.15) is 6.61 Å². The maximum atomic E-state index is 11.7. The molecule has 0 aromatic heterocycles. The second-order valence-electron chi connectivity index (χ2n) is 6.27. The molecule has 0 spiro atoms. The first-order chi connectivity index (χ1) is 8.57. The third-order valence-electron chi connectivity index (χ3n) is 4.27. The molecule has 1 aliphatic carbocycles. The van der Waals surface area contributed by atoms with E-state index in [-0.39, 0.29) is 18.1 Å². The first kappa shape index (κ1) is 13.8. The van der Waals surface area contributed by atoms with E-state index in [1.165, 1.54) is 25.7 Å². The van der Waals surface area contributed by atoms with E-state index in [1.54, 1.807) is 0 Å². The zero-order valence-electron chi connectivity index (χ0n) is 11.6. The molecule has 2 fully saturated rings. The third kappa shape index (κ3) is 3.95. The molecule has 0 aromatic rings. The minimum Gasteiger partial charge on any atom is -0.363 e. The molecule has 0 atom stereocenters. The van der Waals surface area contributed by atoms with Gasteiger partial charge in [0.25, 0.3) is 0 Å². The van der Waals surface area contributed by atoms with E-state index < -0.39 is 0 Å². The van der Waals surface area contributed by atoms with Crippen LogP contribution in [0.2, 0.25) is 0 Å². The van der Waals surface area contributed by atoms with Gasteiger partial charge in [-0.05, 0) is 31.6 Å². The van der Waals surface area contributed by atoms with Crippen LogP contribution in [0.1, 0.15) is 39.5 Å². The van der Waals surface area contributed by atoms with E-state index in [9.17, 15) is 4.79 Å². The van der Waals surface area contributed by atoms with Crippen molar-refractivity contribution in [1.82, 2.24) is 10.6 Å². The van der Waals surface area contributed by atoms with Gasteiger partial charge in [0.05, 0.1) is 5.60 Å². The molecule has 18 heavy (non-hydrogen) atoms. The molecule has 2 rings (SSSR count). The summed E-state index contributed by atoms with van der Waals surface area (Å²) in [6.07, 6.45) is 5.12. The second kappa shape index (κ2) is 6.02. The van der Waals surface area contributed by atoms with Gasteiger partial charge in [-0.2, -0.15) is 0 Å². The molecular weight excluding hydrogens is 228 g/mol. The zero-order chi connectivity index (χ0) is 13.0. The Labute approximate surface area is 110 Å². The van der Waals surface area contributed by atoms with Crippen LogP contribution in [0.15, 0.2) is 0 Å². The van der Waals surface area contributed by atoms with Gasteiger partial charge in [0, 0.05) is 19.6 Å². The highest BCUT2D eigenvalue weighted by Crippen LogP contribution is 2.27. The molecule has 104 valence electrons. The Morgan fingerprint density at radius 2 is 2.00 bits per heavy atom. The van der Waals surface area contributed by atoms with E-state index in [2.05, 4.69) is 17.6 Å². The van der Waals surface area contributed by atoms with E-state index in [0.717, 1.165) is 25.6 Å². The van der Waals surface area contributed by atoms with Crippen LogP contribution in [0.3, 0.4) is 0 Å². The van der Waals surface area contributed by atoms with Crippen molar-refractivity contribution < 1.29 is 9.53 Å². The fraction of sp³-hybridized carbons (Fsp3) is 0.929. The Morgan fingerprint density at radius 3 is 2.56 bits per heavy atom. The summed E-state index contributed by atoms with van der Waals surface area (Å²) < 4.78 is 5.61. The van der Waals surface area contributed by atoms with Gasteiger partial charge in [-0.3, -0.25) is 4.79 Å². The van der Waals surface area contributed by atoms with Gasteiger partial charge in [0.15, 0.2) is 0 Å². The van der Waals surface area contributed by atoms with Crippen LogP contribution in [0.5, 0.6) is 0 Å².